The van der Waals surface area contributed by atoms with Gasteiger partial charge in [0.2, 0.25) is 5.91 Å². The van der Waals surface area contributed by atoms with Gasteiger partial charge in [0.25, 0.3) is 0 Å². The van der Waals surface area contributed by atoms with Crippen molar-refractivity contribution in [2.75, 3.05) is 22.1 Å². The van der Waals surface area contributed by atoms with Crippen molar-refractivity contribution in [3.05, 3.63) is 23.2 Å². The number of amides is 1. The van der Waals surface area contributed by atoms with Crippen molar-refractivity contribution in [1.82, 2.24) is 0 Å². The molecule has 7 heteroatoms. The number of halogens is 1. The zero-order valence-electron chi connectivity index (χ0n) is 11.9. The largest absolute Gasteiger partial charge is 0.381 e. The normalized spacial score (nSPS) is 18.2. The molecule has 0 radical (unpaired) electrons. The maximum atomic E-state index is 11.4. The number of rotatable bonds is 4. The first kappa shape index (κ1) is 16.1. The third kappa shape index (κ3) is 4.61. The van der Waals surface area contributed by atoms with Crippen LogP contribution < -0.4 is 10.6 Å². The molecule has 0 aromatic heterocycles. The topological polar surface area (TPSA) is 75.3 Å². The predicted octanol–water partition coefficient (Wildman–Crippen LogP) is 2.68. The van der Waals surface area contributed by atoms with Gasteiger partial charge in [-0.25, -0.2) is 8.42 Å². The zero-order chi connectivity index (χ0) is 15.5. The van der Waals surface area contributed by atoms with Gasteiger partial charge in [0, 0.05) is 18.2 Å². The van der Waals surface area contributed by atoms with Crippen LogP contribution in [0.1, 0.15) is 26.2 Å². The van der Waals surface area contributed by atoms with E-state index < -0.39 is 9.84 Å². The van der Waals surface area contributed by atoms with Gasteiger partial charge < -0.3 is 10.6 Å². The summed E-state index contributed by atoms with van der Waals surface area (Å²) in [5.41, 5.74) is 1.40. The Morgan fingerprint density at radius 1 is 1.33 bits per heavy atom. The van der Waals surface area contributed by atoms with E-state index in [-0.39, 0.29) is 23.5 Å². The average Bonchev–Trinajstić information content (AvgIpc) is 2.44. The molecule has 1 heterocycles. The lowest BCUT2D eigenvalue weighted by atomic mass is 10.1. The van der Waals surface area contributed by atoms with Gasteiger partial charge in [-0.05, 0) is 31.0 Å². The molecule has 1 amide bonds. The quantitative estimate of drug-likeness (QED) is 0.890. The number of sulfone groups is 1. The summed E-state index contributed by atoms with van der Waals surface area (Å²) in [6, 6.07) is 5.32. The standard InChI is InChI=1S/C14H19ClN2O3S/c1-2-14(18)17-11-3-4-12(15)13(9-11)16-10-5-7-21(19,20)8-6-10/h3-4,9-10,16H,2,5-8H2,1H3,(H,17,18). The van der Waals surface area contributed by atoms with E-state index >= 15 is 0 Å². The number of carbonyl (C=O) groups excluding carboxylic acids is 1. The Morgan fingerprint density at radius 3 is 2.62 bits per heavy atom. The van der Waals surface area contributed by atoms with Gasteiger partial charge >= 0.3 is 0 Å². The molecule has 1 aromatic carbocycles. The number of carbonyl (C=O) groups is 1. The molecular formula is C14H19ClN2O3S. The first-order chi connectivity index (χ1) is 9.89. The average molecular weight is 331 g/mol. The highest BCUT2D eigenvalue weighted by Crippen LogP contribution is 2.28. The highest BCUT2D eigenvalue weighted by molar-refractivity contribution is 7.91. The molecule has 1 fully saturated rings. The van der Waals surface area contributed by atoms with Crippen LogP contribution in [-0.4, -0.2) is 31.9 Å². The molecule has 1 aliphatic heterocycles. The van der Waals surface area contributed by atoms with E-state index in [1.807, 2.05) is 0 Å². The molecule has 0 saturated carbocycles. The Balaban J connectivity index is 2.05. The lowest BCUT2D eigenvalue weighted by Crippen LogP contribution is -2.32. The van der Waals surface area contributed by atoms with E-state index in [4.69, 9.17) is 11.6 Å². The second-order valence-electron chi connectivity index (χ2n) is 5.17. The second kappa shape index (κ2) is 6.66. The molecule has 2 N–H and O–H groups in total. The summed E-state index contributed by atoms with van der Waals surface area (Å²) in [7, 11) is -2.88. The van der Waals surface area contributed by atoms with Crippen LogP contribution in [-0.2, 0) is 14.6 Å². The molecule has 0 unspecified atom stereocenters. The highest BCUT2D eigenvalue weighted by atomic mass is 35.5. The fourth-order valence-corrected chi connectivity index (χ4v) is 3.88. The second-order valence-corrected chi connectivity index (χ2v) is 7.88. The predicted molar refractivity (Wildman–Crippen MR) is 85.7 cm³/mol. The lowest BCUT2D eigenvalue weighted by molar-refractivity contribution is -0.115. The third-order valence-electron chi connectivity index (χ3n) is 3.49. The van der Waals surface area contributed by atoms with Gasteiger partial charge in [-0.3, -0.25) is 4.79 Å². The molecule has 1 aliphatic rings. The van der Waals surface area contributed by atoms with Gasteiger partial charge in [0.1, 0.15) is 9.84 Å². The van der Waals surface area contributed by atoms with Crippen molar-refractivity contribution in [2.24, 2.45) is 0 Å². The van der Waals surface area contributed by atoms with Gasteiger partial charge in [-0.2, -0.15) is 0 Å². The van der Waals surface area contributed by atoms with Gasteiger partial charge in [-0.15, -0.1) is 0 Å². The SMILES string of the molecule is CCC(=O)Nc1ccc(Cl)c(NC2CCS(=O)(=O)CC2)c1. The Labute approximate surface area is 130 Å². The van der Waals surface area contributed by atoms with E-state index in [0.717, 1.165) is 5.69 Å². The molecule has 0 bridgehead atoms. The first-order valence-electron chi connectivity index (χ1n) is 6.96. The molecule has 5 nitrogen and oxygen atoms in total. The highest BCUT2D eigenvalue weighted by Gasteiger charge is 2.23. The first-order valence-corrected chi connectivity index (χ1v) is 9.16. The Kier molecular flexibility index (Phi) is 5.11. The summed E-state index contributed by atoms with van der Waals surface area (Å²) in [6.07, 6.45) is 1.56. The number of benzene rings is 1. The van der Waals surface area contributed by atoms with Crippen LogP contribution in [0.25, 0.3) is 0 Å². The van der Waals surface area contributed by atoms with Crippen molar-refractivity contribution in [1.29, 1.82) is 0 Å². The van der Waals surface area contributed by atoms with Crippen LogP contribution in [0, 0.1) is 0 Å². The summed E-state index contributed by atoms with van der Waals surface area (Å²) in [5, 5.41) is 6.60. The number of hydrogen-bond acceptors (Lipinski definition) is 4. The molecule has 1 aromatic rings. The van der Waals surface area contributed by atoms with E-state index in [0.29, 0.717) is 30.0 Å². The molecule has 0 atom stereocenters. The minimum absolute atomic E-state index is 0.0629. The summed E-state index contributed by atoms with van der Waals surface area (Å²) in [4.78, 5) is 11.4. The molecule has 1 saturated heterocycles. The van der Waals surface area contributed by atoms with E-state index in [2.05, 4.69) is 10.6 Å². The minimum atomic E-state index is -2.88. The molecule has 116 valence electrons. The summed E-state index contributed by atoms with van der Waals surface area (Å²) in [5.74, 6) is 0.343. The monoisotopic (exact) mass is 330 g/mol. The van der Waals surface area contributed by atoms with Gasteiger partial charge in [-0.1, -0.05) is 18.5 Å². The number of nitrogens with one attached hydrogen (secondary N) is 2. The van der Waals surface area contributed by atoms with Crippen molar-refractivity contribution < 1.29 is 13.2 Å². The number of hydrogen-bond donors (Lipinski definition) is 2. The van der Waals surface area contributed by atoms with Crippen LogP contribution >= 0.6 is 11.6 Å². The van der Waals surface area contributed by atoms with Gasteiger partial charge in [0.05, 0.1) is 22.2 Å². The minimum Gasteiger partial charge on any atom is -0.381 e. The maximum Gasteiger partial charge on any atom is 0.224 e. The van der Waals surface area contributed by atoms with Crippen molar-refractivity contribution in [3.63, 3.8) is 0 Å². The number of anilines is 2. The molecule has 0 spiro atoms. The van der Waals surface area contributed by atoms with Crippen LogP contribution in [0.15, 0.2) is 18.2 Å². The van der Waals surface area contributed by atoms with Crippen molar-refractivity contribution in [2.45, 2.75) is 32.2 Å². The Hall–Kier alpha value is -1.27. The Morgan fingerprint density at radius 2 is 2.00 bits per heavy atom. The maximum absolute atomic E-state index is 11.4. The summed E-state index contributed by atoms with van der Waals surface area (Å²) in [6.45, 7) is 1.78. The van der Waals surface area contributed by atoms with Gasteiger partial charge in [0.15, 0.2) is 0 Å². The van der Waals surface area contributed by atoms with E-state index in [9.17, 15) is 13.2 Å². The molecule has 0 aliphatic carbocycles. The summed E-state index contributed by atoms with van der Waals surface area (Å²) < 4.78 is 22.8. The zero-order valence-corrected chi connectivity index (χ0v) is 13.4. The van der Waals surface area contributed by atoms with E-state index in [1.165, 1.54) is 0 Å². The Bertz CT molecular complexity index is 617. The van der Waals surface area contributed by atoms with Crippen LogP contribution in [0.4, 0.5) is 11.4 Å². The van der Waals surface area contributed by atoms with Crippen molar-refractivity contribution >= 4 is 38.7 Å². The van der Waals surface area contributed by atoms with Crippen molar-refractivity contribution in [3.8, 4) is 0 Å². The summed E-state index contributed by atoms with van der Waals surface area (Å²) >= 11 is 6.15. The third-order valence-corrected chi connectivity index (χ3v) is 5.53. The van der Waals surface area contributed by atoms with Crippen LogP contribution in [0.2, 0.25) is 5.02 Å². The fourth-order valence-electron chi connectivity index (χ4n) is 2.22. The van der Waals surface area contributed by atoms with Crippen LogP contribution in [0.3, 0.4) is 0 Å². The molecule has 2 rings (SSSR count). The lowest BCUT2D eigenvalue weighted by Gasteiger charge is -2.24. The molecular weight excluding hydrogens is 312 g/mol. The fraction of sp³-hybridized carbons (Fsp3) is 0.500. The van der Waals surface area contributed by atoms with E-state index in [1.54, 1.807) is 25.1 Å². The van der Waals surface area contributed by atoms with Crippen LogP contribution in [0.5, 0.6) is 0 Å². The smallest absolute Gasteiger partial charge is 0.224 e. The molecule has 21 heavy (non-hydrogen) atoms.